The van der Waals surface area contributed by atoms with E-state index in [9.17, 15) is 8.42 Å². The van der Waals surface area contributed by atoms with E-state index in [0.29, 0.717) is 0 Å². The fourth-order valence-electron chi connectivity index (χ4n) is 1.96. The van der Waals surface area contributed by atoms with Gasteiger partial charge in [-0.3, -0.25) is 4.85 Å². The Hall–Kier alpha value is -1.64. The van der Waals surface area contributed by atoms with Gasteiger partial charge in [0.15, 0.2) is 0 Å². The van der Waals surface area contributed by atoms with Crippen molar-refractivity contribution in [1.82, 2.24) is 0 Å². The second kappa shape index (κ2) is 6.42. The second-order valence-electron chi connectivity index (χ2n) is 4.74. The Morgan fingerprint density at radius 2 is 1.76 bits per heavy atom. The average Bonchev–Trinajstić information content (AvgIpc) is 2.46. The van der Waals surface area contributed by atoms with Crippen molar-refractivity contribution < 1.29 is 8.42 Å². The lowest BCUT2D eigenvalue weighted by molar-refractivity contribution is 0.587. The standard InChI is InChI=1S/C16H14BrNO2S/c1-12-7-9-14(10-8-12)21(19,20)16(18-2)11-13-5-3-4-6-15(13)17/h3-10,16H,11H2,1H3. The summed E-state index contributed by atoms with van der Waals surface area (Å²) in [6, 6.07) is 14.0. The van der Waals surface area contributed by atoms with Crippen LogP contribution in [-0.2, 0) is 16.3 Å². The molecule has 0 N–H and O–H groups in total. The number of benzene rings is 2. The van der Waals surface area contributed by atoms with Crippen LogP contribution in [0.2, 0.25) is 0 Å². The molecule has 0 saturated heterocycles. The zero-order valence-corrected chi connectivity index (χ0v) is 13.9. The zero-order chi connectivity index (χ0) is 15.5. The van der Waals surface area contributed by atoms with E-state index in [1.165, 1.54) is 0 Å². The van der Waals surface area contributed by atoms with E-state index in [0.717, 1.165) is 15.6 Å². The van der Waals surface area contributed by atoms with E-state index < -0.39 is 15.2 Å². The van der Waals surface area contributed by atoms with Gasteiger partial charge >= 0.3 is 5.37 Å². The maximum Gasteiger partial charge on any atom is 0.329 e. The van der Waals surface area contributed by atoms with Crippen molar-refractivity contribution >= 4 is 25.8 Å². The predicted octanol–water partition coefficient (Wildman–Crippen LogP) is 4.02. The molecule has 108 valence electrons. The molecule has 0 amide bonds. The summed E-state index contributed by atoms with van der Waals surface area (Å²) in [5.74, 6) is 0. The molecule has 0 heterocycles. The van der Waals surface area contributed by atoms with Crippen molar-refractivity contribution in [2.45, 2.75) is 23.6 Å². The van der Waals surface area contributed by atoms with Crippen molar-refractivity contribution in [2.75, 3.05) is 0 Å². The highest BCUT2D eigenvalue weighted by Crippen LogP contribution is 2.24. The number of hydrogen-bond acceptors (Lipinski definition) is 2. The van der Waals surface area contributed by atoms with Gasteiger partial charge in [0.1, 0.15) is 0 Å². The lowest BCUT2D eigenvalue weighted by Gasteiger charge is -2.09. The van der Waals surface area contributed by atoms with Gasteiger partial charge in [-0.2, -0.15) is 0 Å². The van der Waals surface area contributed by atoms with E-state index in [1.807, 2.05) is 31.2 Å². The molecule has 21 heavy (non-hydrogen) atoms. The molecule has 0 aliphatic carbocycles. The average molecular weight is 364 g/mol. The van der Waals surface area contributed by atoms with Crippen LogP contribution in [0.1, 0.15) is 11.1 Å². The Morgan fingerprint density at radius 3 is 2.33 bits per heavy atom. The molecule has 0 bridgehead atoms. The molecular formula is C16H14BrNO2S. The molecule has 0 aliphatic rings. The topological polar surface area (TPSA) is 38.5 Å². The Bertz CT molecular complexity index is 777. The Morgan fingerprint density at radius 1 is 1.14 bits per heavy atom. The molecule has 3 nitrogen and oxygen atoms in total. The normalized spacial score (nSPS) is 12.6. The first kappa shape index (κ1) is 15.7. The molecule has 0 aliphatic heterocycles. The third-order valence-electron chi connectivity index (χ3n) is 3.20. The minimum atomic E-state index is -3.66. The SMILES string of the molecule is [C-]#[N+]C(Cc1ccccc1Br)S(=O)(=O)c1ccc(C)cc1. The van der Waals surface area contributed by atoms with Crippen LogP contribution in [0.5, 0.6) is 0 Å². The Balaban J connectivity index is 2.35. The highest BCUT2D eigenvalue weighted by atomic mass is 79.9. The van der Waals surface area contributed by atoms with E-state index in [1.54, 1.807) is 24.3 Å². The lowest BCUT2D eigenvalue weighted by Crippen LogP contribution is -2.20. The summed E-state index contributed by atoms with van der Waals surface area (Å²) in [4.78, 5) is 3.53. The van der Waals surface area contributed by atoms with E-state index in [-0.39, 0.29) is 11.3 Å². The first-order valence-electron chi connectivity index (χ1n) is 6.35. The fourth-order valence-corrected chi connectivity index (χ4v) is 3.78. The smallest absolute Gasteiger partial charge is 0.296 e. The largest absolute Gasteiger partial charge is 0.329 e. The monoisotopic (exact) mass is 363 g/mol. The van der Waals surface area contributed by atoms with Gasteiger partial charge in [0.2, 0.25) is 0 Å². The van der Waals surface area contributed by atoms with Crippen LogP contribution in [0.4, 0.5) is 0 Å². The van der Waals surface area contributed by atoms with Crippen LogP contribution in [0, 0.1) is 13.5 Å². The molecule has 0 spiro atoms. The van der Waals surface area contributed by atoms with Crippen LogP contribution in [0.15, 0.2) is 57.9 Å². The molecule has 1 unspecified atom stereocenters. The summed E-state index contributed by atoms with van der Waals surface area (Å²) >= 11 is 3.39. The molecule has 5 heteroatoms. The maximum atomic E-state index is 12.6. The van der Waals surface area contributed by atoms with E-state index >= 15 is 0 Å². The van der Waals surface area contributed by atoms with Gasteiger partial charge in [-0.25, -0.2) is 15.0 Å². The van der Waals surface area contributed by atoms with Crippen molar-refractivity contribution in [2.24, 2.45) is 0 Å². The Kier molecular flexibility index (Phi) is 4.81. The minimum absolute atomic E-state index is 0.168. The van der Waals surface area contributed by atoms with Crippen molar-refractivity contribution in [3.8, 4) is 0 Å². The van der Waals surface area contributed by atoms with E-state index in [2.05, 4.69) is 20.8 Å². The maximum absolute atomic E-state index is 12.6. The molecule has 0 radical (unpaired) electrons. The van der Waals surface area contributed by atoms with Crippen molar-refractivity contribution in [3.05, 3.63) is 75.5 Å². The Labute approximate surface area is 133 Å². The first-order valence-corrected chi connectivity index (χ1v) is 8.69. The fraction of sp³-hybridized carbons (Fsp3) is 0.188. The highest BCUT2D eigenvalue weighted by molar-refractivity contribution is 9.10. The first-order chi connectivity index (χ1) is 9.95. The summed E-state index contributed by atoms with van der Waals surface area (Å²) in [5, 5.41) is -1.11. The molecule has 0 fully saturated rings. The van der Waals surface area contributed by atoms with Crippen LogP contribution < -0.4 is 0 Å². The number of hydrogen-bond donors (Lipinski definition) is 0. The van der Waals surface area contributed by atoms with Crippen LogP contribution in [0.25, 0.3) is 4.85 Å². The third-order valence-corrected chi connectivity index (χ3v) is 5.90. The summed E-state index contributed by atoms with van der Waals surface area (Å²) in [7, 11) is -3.66. The number of halogens is 1. The molecular weight excluding hydrogens is 350 g/mol. The summed E-state index contributed by atoms with van der Waals surface area (Å²) in [5.41, 5.74) is 1.80. The van der Waals surface area contributed by atoms with Gasteiger partial charge < -0.3 is 0 Å². The highest BCUT2D eigenvalue weighted by Gasteiger charge is 2.33. The minimum Gasteiger partial charge on any atom is -0.296 e. The van der Waals surface area contributed by atoms with Gasteiger partial charge in [-0.1, -0.05) is 51.8 Å². The summed E-state index contributed by atoms with van der Waals surface area (Å²) < 4.78 is 25.9. The van der Waals surface area contributed by atoms with Gasteiger partial charge in [0.05, 0.1) is 11.3 Å². The van der Waals surface area contributed by atoms with Crippen molar-refractivity contribution in [3.63, 3.8) is 0 Å². The number of aryl methyl sites for hydroxylation is 1. The third kappa shape index (κ3) is 3.52. The predicted molar refractivity (Wildman–Crippen MR) is 86.6 cm³/mol. The molecule has 0 aromatic heterocycles. The van der Waals surface area contributed by atoms with Gasteiger partial charge in [0, 0.05) is 4.47 Å². The summed E-state index contributed by atoms with van der Waals surface area (Å²) in [6.07, 6.45) is 0.168. The van der Waals surface area contributed by atoms with Crippen LogP contribution in [-0.4, -0.2) is 13.8 Å². The van der Waals surface area contributed by atoms with Crippen molar-refractivity contribution in [1.29, 1.82) is 0 Å². The van der Waals surface area contributed by atoms with Crippen LogP contribution in [0.3, 0.4) is 0 Å². The quantitative estimate of drug-likeness (QED) is 0.769. The molecule has 1 atom stereocenters. The van der Waals surface area contributed by atoms with E-state index in [4.69, 9.17) is 6.57 Å². The summed E-state index contributed by atoms with van der Waals surface area (Å²) in [6.45, 7) is 9.15. The number of nitrogens with zero attached hydrogens (tertiary/aromatic N) is 1. The number of sulfone groups is 1. The molecule has 0 saturated carbocycles. The zero-order valence-electron chi connectivity index (χ0n) is 11.5. The van der Waals surface area contributed by atoms with Gasteiger partial charge in [-0.05, 0) is 30.7 Å². The molecule has 2 aromatic carbocycles. The van der Waals surface area contributed by atoms with Gasteiger partial charge in [0.25, 0.3) is 9.84 Å². The second-order valence-corrected chi connectivity index (χ2v) is 7.70. The van der Waals surface area contributed by atoms with Gasteiger partial charge in [-0.15, -0.1) is 0 Å². The number of rotatable bonds is 4. The molecule has 2 rings (SSSR count). The lowest BCUT2D eigenvalue weighted by atomic mass is 10.1. The molecule has 2 aromatic rings. The van der Waals surface area contributed by atoms with Crippen LogP contribution >= 0.6 is 15.9 Å².